The van der Waals surface area contributed by atoms with Crippen LogP contribution in [0, 0.1) is 0 Å². The second-order valence-electron chi connectivity index (χ2n) is 2.89. The zero-order valence-corrected chi connectivity index (χ0v) is 8.06. The van der Waals surface area contributed by atoms with Crippen molar-refractivity contribution in [1.82, 2.24) is 10.9 Å². The first-order valence-electron chi connectivity index (χ1n) is 4.50. The van der Waals surface area contributed by atoms with Gasteiger partial charge in [0.15, 0.2) is 0 Å². The Morgan fingerprint density at radius 1 is 1.20 bits per heavy atom. The van der Waals surface area contributed by atoms with Crippen molar-refractivity contribution in [2.75, 3.05) is 6.54 Å². The lowest BCUT2D eigenvalue weighted by Crippen LogP contribution is -2.38. The Bertz CT molecular complexity index is 338. The van der Waals surface area contributed by atoms with E-state index in [1.807, 2.05) is 6.07 Å². The lowest BCUT2D eigenvalue weighted by atomic mass is 10.2. The van der Waals surface area contributed by atoms with Gasteiger partial charge in [-0.1, -0.05) is 18.2 Å². The van der Waals surface area contributed by atoms with Crippen molar-refractivity contribution in [3.8, 4) is 0 Å². The van der Waals surface area contributed by atoms with Crippen molar-refractivity contribution >= 4 is 11.9 Å². The van der Waals surface area contributed by atoms with Crippen LogP contribution in [0.3, 0.4) is 0 Å². The van der Waals surface area contributed by atoms with Gasteiger partial charge >= 0.3 is 5.97 Å². The SMILES string of the molecule is O=C(O)CCNNC(=O)c1ccccc1. The molecular weight excluding hydrogens is 196 g/mol. The Kier molecular flexibility index (Phi) is 4.30. The number of rotatable bonds is 5. The quantitative estimate of drug-likeness (QED) is 0.483. The van der Waals surface area contributed by atoms with Crippen LogP contribution in [0.5, 0.6) is 0 Å². The summed E-state index contributed by atoms with van der Waals surface area (Å²) in [5.41, 5.74) is 5.46. The van der Waals surface area contributed by atoms with Gasteiger partial charge in [-0.05, 0) is 12.1 Å². The molecule has 0 unspecified atom stereocenters. The maximum atomic E-state index is 11.4. The molecule has 0 saturated heterocycles. The van der Waals surface area contributed by atoms with Gasteiger partial charge in [-0.25, -0.2) is 5.43 Å². The Hall–Kier alpha value is -1.88. The van der Waals surface area contributed by atoms with E-state index in [9.17, 15) is 9.59 Å². The van der Waals surface area contributed by atoms with Gasteiger partial charge in [0.05, 0.1) is 6.42 Å². The van der Waals surface area contributed by atoms with E-state index in [0.717, 1.165) is 0 Å². The third-order valence-corrected chi connectivity index (χ3v) is 1.70. The first kappa shape index (κ1) is 11.2. The lowest BCUT2D eigenvalue weighted by molar-refractivity contribution is -0.136. The van der Waals surface area contributed by atoms with E-state index in [0.29, 0.717) is 5.56 Å². The number of carboxylic acid groups (broad SMARTS) is 1. The van der Waals surface area contributed by atoms with Crippen molar-refractivity contribution in [3.05, 3.63) is 35.9 Å². The summed E-state index contributed by atoms with van der Waals surface area (Å²) >= 11 is 0. The van der Waals surface area contributed by atoms with E-state index < -0.39 is 5.97 Å². The van der Waals surface area contributed by atoms with Crippen molar-refractivity contribution in [2.45, 2.75) is 6.42 Å². The van der Waals surface area contributed by atoms with E-state index >= 15 is 0 Å². The highest BCUT2D eigenvalue weighted by atomic mass is 16.4. The summed E-state index contributed by atoms with van der Waals surface area (Å²) in [4.78, 5) is 21.5. The Labute approximate surface area is 87.1 Å². The van der Waals surface area contributed by atoms with Gasteiger partial charge in [-0.2, -0.15) is 0 Å². The van der Waals surface area contributed by atoms with Crippen molar-refractivity contribution in [3.63, 3.8) is 0 Å². The molecule has 15 heavy (non-hydrogen) atoms. The highest BCUT2D eigenvalue weighted by Gasteiger charge is 2.02. The molecular formula is C10H12N2O3. The average Bonchev–Trinajstić information content (AvgIpc) is 2.25. The fraction of sp³-hybridized carbons (Fsp3) is 0.200. The number of hydrogen-bond donors (Lipinski definition) is 3. The molecule has 0 aliphatic rings. The summed E-state index contributed by atoms with van der Waals surface area (Å²) in [6.07, 6.45) is -0.0327. The number of carbonyl (C=O) groups excluding carboxylic acids is 1. The van der Waals surface area contributed by atoms with Gasteiger partial charge in [-0.15, -0.1) is 0 Å². The molecule has 0 spiro atoms. The van der Waals surface area contributed by atoms with Crippen LogP contribution in [0.2, 0.25) is 0 Å². The fourth-order valence-corrected chi connectivity index (χ4v) is 0.974. The smallest absolute Gasteiger partial charge is 0.304 e. The van der Waals surface area contributed by atoms with Crippen LogP contribution >= 0.6 is 0 Å². The molecule has 5 nitrogen and oxygen atoms in total. The second-order valence-corrected chi connectivity index (χ2v) is 2.89. The van der Waals surface area contributed by atoms with Crippen LogP contribution in [-0.2, 0) is 4.79 Å². The predicted octanol–water partition coefficient (Wildman–Crippen LogP) is 0.396. The fourth-order valence-electron chi connectivity index (χ4n) is 0.974. The molecule has 0 saturated carbocycles. The minimum atomic E-state index is -0.906. The van der Waals surface area contributed by atoms with Crippen LogP contribution in [-0.4, -0.2) is 23.5 Å². The molecule has 0 heterocycles. The third-order valence-electron chi connectivity index (χ3n) is 1.70. The number of hydrogen-bond acceptors (Lipinski definition) is 3. The summed E-state index contributed by atoms with van der Waals surface area (Å²) in [6.45, 7) is 0.202. The maximum absolute atomic E-state index is 11.4. The van der Waals surface area contributed by atoms with Gasteiger partial charge in [0.25, 0.3) is 5.91 Å². The van der Waals surface area contributed by atoms with E-state index in [2.05, 4.69) is 10.9 Å². The molecule has 5 heteroatoms. The number of hydrazine groups is 1. The van der Waals surface area contributed by atoms with Crippen molar-refractivity contribution in [1.29, 1.82) is 0 Å². The number of nitrogens with one attached hydrogen (secondary N) is 2. The Balaban J connectivity index is 2.28. The van der Waals surface area contributed by atoms with Crippen LogP contribution in [0.15, 0.2) is 30.3 Å². The first-order chi connectivity index (χ1) is 7.20. The average molecular weight is 208 g/mol. The largest absolute Gasteiger partial charge is 0.481 e. The number of aliphatic carboxylic acids is 1. The minimum absolute atomic E-state index is 0.0327. The Morgan fingerprint density at radius 2 is 1.87 bits per heavy atom. The Morgan fingerprint density at radius 3 is 2.47 bits per heavy atom. The van der Waals surface area contributed by atoms with E-state index in [4.69, 9.17) is 5.11 Å². The normalized spacial score (nSPS) is 9.60. The molecule has 0 aromatic heterocycles. The van der Waals surface area contributed by atoms with Crippen molar-refractivity contribution < 1.29 is 14.7 Å². The number of carboxylic acids is 1. The van der Waals surface area contributed by atoms with E-state index in [1.165, 1.54) is 0 Å². The molecule has 80 valence electrons. The van der Waals surface area contributed by atoms with Gasteiger partial charge in [0.2, 0.25) is 0 Å². The highest BCUT2D eigenvalue weighted by Crippen LogP contribution is 1.96. The summed E-state index contributed by atoms with van der Waals surface area (Å²) in [7, 11) is 0. The van der Waals surface area contributed by atoms with E-state index in [1.54, 1.807) is 24.3 Å². The number of amides is 1. The summed E-state index contributed by atoms with van der Waals surface area (Å²) in [5.74, 6) is -1.18. The molecule has 0 aliphatic carbocycles. The zero-order chi connectivity index (χ0) is 11.1. The van der Waals surface area contributed by atoms with Crippen LogP contribution in [0.1, 0.15) is 16.8 Å². The van der Waals surface area contributed by atoms with Crippen LogP contribution in [0.25, 0.3) is 0 Å². The topological polar surface area (TPSA) is 78.4 Å². The molecule has 0 bridgehead atoms. The van der Waals surface area contributed by atoms with Gasteiger partial charge < -0.3 is 5.11 Å². The highest BCUT2D eigenvalue weighted by molar-refractivity contribution is 5.93. The number of carbonyl (C=O) groups is 2. The molecule has 0 atom stereocenters. The summed E-state index contributed by atoms with van der Waals surface area (Å²) in [6, 6.07) is 8.68. The lowest BCUT2D eigenvalue weighted by Gasteiger charge is -2.05. The molecule has 0 aliphatic heterocycles. The third kappa shape index (κ3) is 4.24. The van der Waals surface area contributed by atoms with E-state index in [-0.39, 0.29) is 18.9 Å². The maximum Gasteiger partial charge on any atom is 0.304 e. The summed E-state index contributed by atoms with van der Waals surface area (Å²) in [5, 5.41) is 8.34. The zero-order valence-electron chi connectivity index (χ0n) is 8.06. The molecule has 1 rings (SSSR count). The van der Waals surface area contributed by atoms with Gasteiger partial charge in [-0.3, -0.25) is 15.0 Å². The molecule has 0 radical (unpaired) electrons. The first-order valence-corrected chi connectivity index (χ1v) is 4.50. The van der Waals surface area contributed by atoms with Crippen LogP contribution < -0.4 is 10.9 Å². The van der Waals surface area contributed by atoms with Gasteiger partial charge in [0, 0.05) is 12.1 Å². The monoisotopic (exact) mass is 208 g/mol. The number of benzene rings is 1. The predicted molar refractivity (Wildman–Crippen MR) is 54.2 cm³/mol. The molecule has 0 fully saturated rings. The molecule has 1 amide bonds. The van der Waals surface area contributed by atoms with Crippen LogP contribution in [0.4, 0.5) is 0 Å². The second kappa shape index (κ2) is 5.77. The standard InChI is InChI=1S/C10H12N2O3/c13-9(14)6-7-11-12-10(15)8-4-2-1-3-5-8/h1-5,11H,6-7H2,(H,12,15)(H,13,14). The molecule has 1 aromatic rings. The molecule has 3 N–H and O–H groups in total. The summed E-state index contributed by atoms with van der Waals surface area (Å²) < 4.78 is 0. The van der Waals surface area contributed by atoms with Crippen molar-refractivity contribution in [2.24, 2.45) is 0 Å². The molecule has 1 aromatic carbocycles. The van der Waals surface area contributed by atoms with Gasteiger partial charge in [0.1, 0.15) is 0 Å². The minimum Gasteiger partial charge on any atom is -0.481 e.